The first kappa shape index (κ1) is 10.2. The van der Waals surface area contributed by atoms with E-state index in [1.165, 1.54) is 6.08 Å². The fourth-order valence-electron chi connectivity index (χ4n) is 1.03. The second-order valence-corrected chi connectivity index (χ2v) is 3.06. The molecule has 0 fully saturated rings. The molecule has 1 aromatic rings. The van der Waals surface area contributed by atoms with Crippen molar-refractivity contribution in [3.8, 4) is 11.5 Å². The van der Waals surface area contributed by atoms with Crippen molar-refractivity contribution < 1.29 is 4.92 Å². The maximum atomic E-state index is 10.1. The number of rotatable bonds is 2. The summed E-state index contributed by atoms with van der Waals surface area (Å²) in [5, 5.41) is 10.1. The molecule has 0 aliphatic heterocycles. The summed E-state index contributed by atoms with van der Waals surface area (Å²) < 4.78 is 0. The summed E-state index contributed by atoms with van der Waals surface area (Å²) in [6, 6.07) is 7.36. The maximum Gasteiger partial charge on any atom is 0.235 e. The average Bonchev–Trinajstić information content (AvgIpc) is 2.17. The second kappa shape index (κ2) is 4.99. The average molecular weight is 203 g/mol. The summed E-state index contributed by atoms with van der Waals surface area (Å²) in [4.78, 5) is 9.65. The summed E-state index contributed by atoms with van der Waals surface area (Å²) in [6.07, 6.45) is 2.38. The van der Waals surface area contributed by atoms with Gasteiger partial charge in [0.1, 0.15) is 0 Å². The third-order valence-corrected chi connectivity index (χ3v) is 1.85. The Morgan fingerprint density at radius 3 is 2.79 bits per heavy atom. The molecule has 0 radical (unpaired) electrons. The van der Waals surface area contributed by atoms with E-state index in [1.54, 1.807) is 6.07 Å². The Bertz CT molecular complexity index is 429. The number of nitrogens with zero attached hydrogens (tertiary/aromatic N) is 1. The largest absolute Gasteiger partial charge is 0.259 e. The molecule has 1 aromatic carbocycles. The molecule has 0 heterocycles. The Kier molecular flexibility index (Phi) is 3.65. The van der Waals surface area contributed by atoms with Crippen molar-refractivity contribution in [3.05, 3.63) is 51.7 Å². The lowest BCUT2D eigenvalue weighted by Gasteiger charge is -1.95. The third kappa shape index (κ3) is 2.88. The van der Waals surface area contributed by atoms with Gasteiger partial charge in [0.15, 0.2) is 0 Å². The van der Waals surface area contributed by atoms with Crippen LogP contribution in [0.25, 0.3) is 6.08 Å². The molecule has 0 N–H and O–H groups in total. The normalized spacial score (nSPS) is 9.71. The van der Waals surface area contributed by atoms with Crippen LogP contribution in [0.2, 0.25) is 0 Å². The van der Waals surface area contributed by atoms with Gasteiger partial charge in [-0.2, -0.15) is 0 Å². The molecule has 0 spiro atoms. The molecule has 0 saturated carbocycles. The molecule has 4 heteroatoms. The first-order valence-electron chi connectivity index (χ1n) is 4.07. The van der Waals surface area contributed by atoms with Gasteiger partial charge in [-0.3, -0.25) is 10.1 Å². The van der Waals surface area contributed by atoms with Crippen LogP contribution in [0, 0.1) is 21.6 Å². The summed E-state index contributed by atoms with van der Waals surface area (Å²) in [7, 11) is 0.803. The summed E-state index contributed by atoms with van der Waals surface area (Å²) in [5.74, 6) is 2.94. The van der Waals surface area contributed by atoms with Gasteiger partial charge in [-0.25, -0.2) is 0 Å². The zero-order valence-electron chi connectivity index (χ0n) is 7.73. The second-order valence-electron chi connectivity index (χ2n) is 2.56. The molecule has 1 rings (SSSR count). The van der Waals surface area contributed by atoms with Crippen LogP contribution >= 0.6 is 0 Å². The van der Waals surface area contributed by atoms with Crippen LogP contribution in [0.5, 0.6) is 0 Å². The maximum absolute atomic E-state index is 10.1. The van der Waals surface area contributed by atoms with Crippen molar-refractivity contribution >= 4 is 16.3 Å². The lowest BCUT2D eigenvalue weighted by molar-refractivity contribution is -0.400. The van der Waals surface area contributed by atoms with E-state index in [2.05, 4.69) is 11.5 Å². The molecular formula is C10H9NO2Si. The van der Waals surface area contributed by atoms with Gasteiger partial charge in [0.25, 0.3) is 0 Å². The molecule has 0 aromatic heterocycles. The standard InChI is InChI=1S/C10H9NO2Si/c12-11(13)7-5-9-3-1-2-4-10(9)6-8-14/h1-5,7H,14H3. The fraction of sp³-hybridized carbons (Fsp3) is 0. The number of hydrogen-bond acceptors (Lipinski definition) is 2. The Hall–Kier alpha value is -1.86. The predicted octanol–water partition coefficient (Wildman–Crippen LogP) is 0.608. The molecule has 0 atom stereocenters. The van der Waals surface area contributed by atoms with Gasteiger partial charge in [0.2, 0.25) is 6.20 Å². The van der Waals surface area contributed by atoms with Crippen molar-refractivity contribution in [2.24, 2.45) is 0 Å². The van der Waals surface area contributed by atoms with E-state index in [1.807, 2.05) is 18.2 Å². The quantitative estimate of drug-likeness (QED) is 0.306. The van der Waals surface area contributed by atoms with E-state index >= 15 is 0 Å². The highest BCUT2D eigenvalue weighted by atomic mass is 28.1. The van der Waals surface area contributed by atoms with Crippen molar-refractivity contribution in [2.45, 2.75) is 0 Å². The molecule has 0 amide bonds. The molecule has 0 aliphatic carbocycles. The van der Waals surface area contributed by atoms with Gasteiger partial charge in [-0.15, -0.1) is 5.54 Å². The van der Waals surface area contributed by atoms with E-state index < -0.39 is 4.92 Å². The van der Waals surface area contributed by atoms with E-state index in [-0.39, 0.29) is 0 Å². The third-order valence-electron chi connectivity index (χ3n) is 1.60. The number of nitro groups is 1. The van der Waals surface area contributed by atoms with Gasteiger partial charge in [0.05, 0.1) is 15.2 Å². The molecule has 0 bridgehead atoms. The zero-order chi connectivity index (χ0) is 10.4. The van der Waals surface area contributed by atoms with Crippen molar-refractivity contribution in [2.75, 3.05) is 0 Å². The Morgan fingerprint density at radius 2 is 2.14 bits per heavy atom. The molecule has 70 valence electrons. The van der Waals surface area contributed by atoms with Crippen LogP contribution in [0.4, 0.5) is 0 Å². The van der Waals surface area contributed by atoms with Gasteiger partial charge < -0.3 is 0 Å². The van der Waals surface area contributed by atoms with Crippen LogP contribution in [0.15, 0.2) is 30.5 Å². The summed E-state index contributed by atoms with van der Waals surface area (Å²) in [5.41, 5.74) is 4.52. The van der Waals surface area contributed by atoms with Crippen LogP contribution in [0.3, 0.4) is 0 Å². The minimum Gasteiger partial charge on any atom is -0.259 e. The molecule has 0 saturated heterocycles. The highest BCUT2D eigenvalue weighted by Gasteiger charge is 1.95. The van der Waals surface area contributed by atoms with E-state index in [0.717, 1.165) is 27.6 Å². The van der Waals surface area contributed by atoms with E-state index in [4.69, 9.17) is 0 Å². The Labute approximate surface area is 85.0 Å². The van der Waals surface area contributed by atoms with E-state index in [0.29, 0.717) is 0 Å². The van der Waals surface area contributed by atoms with Gasteiger partial charge in [-0.05, 0) is 11.6 Å². The zero-order valence-corrected chi connectivity index (χ0v) is 9.73. The molecular weight excluding hydrogens is 194 g/mol. The fourth-order valence-corrected chi connectivity index (χ4v) is 1.30. The molecule has 14 heavy (non-hydrogen) atoms. The summed E-state index contributed by atoms with van der Waals surface area (Å²) >= 11 is 0. The number of hydrogen-bond donors (Lipinski definition) is 0. The van der Waals surface area contributed by atoms with Crippen molar-refractivity contribution in [3.63, 3.8) is 0 Å². The Balaban J connectivity index is 3.05. The van der Waals surface area contributed by atoms with Crippen LogP contribution in [-0.2, 0) is 0 Å². The first-order valence-corrected chi connectivity index (χ1v) is 5.07. The van der Waals surface area contributed by atoms with Gasteiger partial charge in [-0.1, -0.05) is 24.1 Å². The highest BCUT2D eigenvalue weighted by molar-refractivity contribution is 6.22. The summed E-state index contributed by atoms with van der Waals surface area (Å²) in [6.45, 7) is 0. The molecule has 3 nitrogen and oxygen atoms in total. The van der Waals surface area contributed by atoms with Crippen LogP contribution in [0.1, 0.15) is 11.1 Å². The van der Waals surface area contributed by atoms with E-state index in [9.17, 15) is 10.1 Å². The monoisotopic (exact) mass is 203 g/mol. The van der Waals surface area contributed by atoms with Crippen LogP contribution in [-0.4, -0.2) is 15.2 Å². The smallest absolute Gasteiger partial charge is 0.235 e. The SMILES string of the molecule is O=[N+]([O-])C=Cc1ccccc1C#C[SiH3]. The number of benzene rings is 1. The van der Waals surface area contributed by atoms with Crippen LogP contribution < -0.4 is 0 Å². The minimum atomic E-state index is -0.481. The molecule has 0 unspecified atom stereocenters. The topological polar surface area (TPSA) is 43.1 Å². The van der Waals surface area contributed by atoms with Crippen molar-refractivity contribution in [1.82, 2.24) is 0 Å². The lowest BCUT2D eigenvalue weighted by Crippen LogP contribution is -1.85. The lowest BCUT2D eigenvalue weighted by atomic mass is 10.1. The van der Waals surface area contributed by atoms with Gasteiger partial charge >= 0.3 is 0 Å². The first-order chi connectivity index (χ1) is 6.74. The highest BCUT2D eigenvalue weighted by Crippen LogP contribution is 2.08. The van der Waals surface area contributed by atoms with Gasteiger partial charge in [0, 0.05) is 11.6 Å². The minimum absolute atomic E-state index is 0.481. The predicted molar refractivity (Wildman–Crippen MR) is 59.3 cm³/mol. The molecule has 0 aliphatic rings. The Morgan fingerprint density at radius 1 is 1.43 bits per heavy atom. The van der Waals surface area contributed by atoms with Crippen molar-refractivity contribution in [1.29, 1.82) is 0 Å².